The molecule has 1 N–H and O–H groups in total. The second kappa shape index (κ2) is 4.42. The van der Waals surface area contributed by atoms with Crippen molar-refractivity contribution in [2.24, 2.45) is 0 Å². The van der Waals surface area contributed by atoms with Crippen LogP contribution in [0.25, 0.3) is 16.7 Å². The summed E-state index contributed by atoms with van der Waals surface area (Å²) < 4.78 is 12.6. The number of fused-ring (bicyclic) bond motifs is 2. The van der Waals surface area contributed by atoms with Crippen LogP contribution >= 0.6 is 0 Å². The number of ether oxygens (including phenoxy) is 1. The van der Waals surface area contributed by atoms with E-state index < -0.39 is 5.60 Å². The van der Waals surface area contributed by atoms with Gasteiger partial charge in [-0.1, -0.05) is 4.68 Å². The van der Waals surface area contributed by atoms with Crippen molar-refractivity contribution in [3.63, 3.8) is 0 Å². The van der Waals surface area contributed by atoms with Crippen molar-refractivity contribution in [2.75, 3.05) is 0 Å². The summed E-state index contributed by atoms with van der Waals surface area (Å²) in [5, 5.41) is 17.3. The molecule has 0 bridgehead atoms. The maximum atomic E-state index is 12.1. The molecule has 1 aliphatic heterocycles. The van der Waals surface area contributed by atoms with Crippen LogP contribution in [0.3, 0.4) is 0 Å². The van der Waals surface area contributed by atoms with Gasteiger partial charge in [0.05, 0.1) is 11.0 Å². The molecule has 0 radical (unpaired) electrons. The third-order valence-corrected chi connectivity index (χ3v) is 3.57. The highest BCUT2D eigenvalue weighted by Crippen LogP contribution is 2.38. The Balaban J connectivity index is 2.03. The molecule has 0 saturated heterocycles. The van der Waals surface area contributed by atoms with Crippen molar-refractivity contribution in [3.8, 4) is 11.5 Å². The van der Waals surface area contributed by atoms with Crippen molar-refractivity contribution in [3.05, 3.63) is 47.1 Å². The predicted molar refractivity (Wildman–Crippen MR) is 79.3 cm³/mol. The van der Waals surface area contributed by atoms with Crippen LogP contribution in [-0.4, -0.2) is 25.7 Å². The maximum absolute atomic E-state index is 12.1. The molecule has 3 heterocycles. The molecule has 0 saturated carbocycles. The lowest BCUT2D eigenvalue weighted by molar-refractivity contribution is -0.584. The monoisotopic (exact) mass is 313 g/mol. The Morgan fingerprint density at radius 2 is 2.00 bits per heavy atom. The first-order valence-electron chi connectivity index (χ1n) is 6.96. The number of nitrogens with zero attached hydrogens (tertiary/aromatic N) is 4. The largest absolute Gasteiger partial charge is 0.506 e. The molecular weight excluding hydrogens is 300 g/mol. The molecule has 4 rings (SSSR count). The highest BCUT2D eigenvalue weighted by Gasteiger charge is 2.31. The molecule has 1 aromatic carbocycles. The minimum absolute atomic E-state index is 0.0203. The van der Waals surface area contributed by atoms with E-state index in [1.807, 2.05) is 19.9 Å². The summed E-state index contributed by atoms with van der Waals surface area (Å²) in [5.41, 5.74) is 1.71. The van der Waals surface area contributed by atoms with Gasteiger partial charge in [-0.2, -0.15) is 0 Å². The van der Waals surface area contributed by atoms with Crippen LogP contribution in [0.15, 0.2) is 41.3 Å². The average molecular weight is 313 g/mol. The summed E-state index contributed by atoms with van der Waals surface area (Å²) in [6.45, 7) is 3.75. The SMILES string of the molecule is CC1(C)C=C(n2cc(O)cc[n+]2=O)c2cc3nonc3cc2O1. The Bertz CT molecular complexity index is 1020. The van der Waals surface area contributed by atoms with Gasteiger partial charge >= 0.3 is 0 Å². The van der Waals surface area contributed by atoms with E-state index in [0.29, 0.717) is 32.6 Å². The summed E-state index contributed by atoms with van der Waals surface area (Å²) in [6.07, 6.45) is 4.38. The van der Waals surface area contributed by atoms with Crippen molar-refractivity contribution >= 4 is 16.7 Å². The second-order valence-electron chi connectivity index (χ2n) is 5.85. The fourth-order valence-electron chi connectivity index (χ4n) is 2.62. The van der Waals surface area contributed by atoms with Gasteiger partial charge in [0.1, 0.15) is 40.0 Å². The van der Waals surface area contributed by atoms with Gasteiger partial charge in [0.2, 0.25) is 0 Å². The number of aromatic hydroxyl groups is 1. The molecular formula is C15H13N4O4+. The second-order valence-corrected chi connectivity index (χ2v) is 5.85. The minimum Gasteiger partial charge on any atom is -0.506 e. The number of hydrogen-bond donors (Lipinski definition) is 1. The normalized spacial score (nSPS) is 15.8. The van der Waals surface area contributed by atoms with E-state index in [1.54, 1.807) is 12.1 Å². The van der Waals surface area contributed by atoms with E-state index >= 15 is 0 Å². The summed E-state index contributed by atoms with van der Waals surface area (Å²) in [4.78, 5) is 12.1. The lowest BCUT2D eigenvalue weighted by Gasteiger charge is -2.29. The molecule has 1 aliphatic rings. The molecule has 0 amide bonds. The van der Waals surface area contributed by atoms with Gasteiger partial charge in [-0.3, -0.25) is 0 Å². The Kier molecular flexibility index (Phi) is 2.59. The van der Waals surface area contributed by atoms with Gasteiger partial charge in [-0.05, 0) is 36.3 Å². The highest BCUT2D eigenvalue weighted by atomic mass is 16.6. The zero-order valence-corrected chi connectivity index (χ0v) is 12.4. The fraction of sp³-hybridized carbons (Fsp3) is 0.200. The molecule has 23 heavy (non-hydrogen) atoms. The fourth-order valence-corrected chi connectivity index (χ4v) is 2.62. The van der Waals surface area contributed by atoms with Crippen LogP contribution in [0.1, 0.15) is 19.4 Å². The first kappa shape index (κ1) is 13.5. The van der Waals surface area contributed by atoms with Gasteiger partial charge in [0.25, 0.3) is 6.20 Å². The van der Waals surface area contributed by atoms with Crippen LogP contribution < -0.4 is 9.28 Å². The van der Waals surface area contributed by atoms with Crippen molar-refractivity contribution in [1.29, 1.82) is 0 Å². The van der Waals surface area contributed by atoms with Gasteiger partial charge < -0.3 is 9.84 Å². The number of benzene rings is 1. The molecule has 0 spiro atoms. The van der Waals surface area contributed by atoms with E-state index in [0.717, 1.165) is 0 Å². The van der Waals surface area contributed by atoms with Crippen molar-refractivity contribution in [2.45, 2.75) is 19.4 Å². The van der Waals surface area contributed by atoms with Crippen LogP contribution in [0.2, 0.25) is 0 Å². The molecule has 3 aromatic rings. The average Bonchev–Trinajstić information content (AvgIpc) is 2.93. The summed E-state index contributed by atoms with van der Waals surface area (Å²) in [6, 6.07) is 4.77. The van der Waals surface area contributed by atoms with Crippen molar-refractivity contribution < 1.29 is 19.0 Å². The van der Waals surface area contributed by atoms with Gasteiger partial charge in [0.15, 0.2) is 4.54 Å². The number of aromatic nitrogens is 4. The first-order chi connectivity index (χ1) is 10.9. The summed E-state index contributed by atoms with van der Waals surface area (Å²) in [5.74, 6) is 0.541. The summed E-state index contributed by atoms with van der Waals surface area (Å²) in [7, 11) is 0. The minimum atomic E-state index is -0.640. The lowest BCUT2D eigenvalue weighted by Crippen LogP contribution is -2.35. The van der Waals surface area contributed by atoms with E-state index in [2.05, 4.69) is 10.3 Å². The quantitative estimate of drug-likeness (QED) is 0.687. The van der Waals surface area contributed by atoms with Gasteiger partial charge in [-0.25, -0.2) is 4.63 Å². The van der Waals surface area contributed by atoms with E-state index in [1.165, 1.54) is 23.1 Å². The third kappa shape index (κ3) is 2.15. The molecule has 0 unspecified atom stereocenters. The van der Waals surface area contributed by atoms with E-state index in [9.17, 15) is 10.0 Å². The lowest BCUT2D eigenvalue weighted by atomic mass is 9.98. The Morgan fingerprint density at radius 1 is 1.26 bits per heavy atom. The first-order valence-corrected chi connectivity index (χ1v) is 6.96. The van der Waals surface area contributed by atoms with E-state index in [4.69, 9.17) is 9.37 Å². The number of hydrogen-bond acceptors (Lipinski definition) is 6. The Hall–Kier alpha value is -3.16. The van der Waals surface area contributed by atoms with Crippen LogP contribution in [0.4, 0.5) is 0 Å². The Labute approximate surface area is 129 Å². The highest BCUT2D eigenvalue weighted by molar-refractivity contribution is 5.84. The maximum Gasteiger partial charge on any atom is 0.261 e. The van der Waals surface area contributed by atoms with Gasteiger partial charge in [-0.15, -0.1) is 0 Å². The van der Waals surface area contributed by atoms with Crippen LogP contribution in [-0.2, 0) is 0 Å². The molecule has 8 nitrogen and oxygen atoms in total. The zero-order valence-electron chi connectivity index (χ0n) is 12.4. The van der Waals surface area contributed by atoms with E-state index in [-0.39, 0.29) is 5.75 Å². The standard InChI is InChI=1S/C15H12N4O4/c1-15(2)7-13(18-8-9(20)3-4-19(18)21)10-5-11-12(17-23-16-11)6-14(10)22-15/h3-8H,1-2H3/p+1. The summed E-state index contributed by atoms with van der Waals surface area (Å²) >= 11 is 0. The molecule has 8 heteroatoms. The predicted octanol–water partition coefficient (Wildman–Crippen LogP) is 1.70. The zero-order chi connectivity index (χ0) is 16.2. The molecule has 0 aliphatic carbocycles. The molecule has 0 atom stereocenters. The molecule has 0 fully saturated rings. The molecule has 2 aromatic heterocycles. The van der Waals surface area contributed by atoms with Crippen LogP contribution in [0, 0.1) is 4.91 Å². The topological polar surface area (TPSA) is 96.3 Å². The Morgan fingerprint density at radius 3 is 2.78 bits per heavy atom. The van der Waals surface area contributed by atoms with Crippen LogP contribution in [0.5, 0.6) is 11.5 Å². The third-order valence-electron chi connectivity index (χ3n) is 3.57. The number of rotatable bonds is 1. The van der Waals surface area contributed by atoms with Gasteiger partial charge in [0, 0.05) is 11.6 Å². The smallest absolute Gasteiger partial charge is 0.261 e. The molecule has 116 valence electrons. The van der Waals surface area contributed by atoms with Crippen molar-refractivity contribution in [1.82, 2.24) is 15.0 Å².